The zero-order valence-corrected chi connectivity index (χ0v) is 16.1. The van der Waals surface area contributed by atoms with Crippen LogP contribution in [0.4, 0.5) is 4.39 Å². The minimum Gasteiger partial charge on any atom is -0.484 e. The molecular weight excluding hydrogens is 361 g/mol. The van der Waals surface area contributed by atoms with Crippen LogP contribution in [0.1, 0.15) is 30.9 Å². The molecule has 0 radical (unpaired) electrons. The maximum absolute atomic E-state index is 13.3. The van der Waals surface area contributed by atoms with Gasteiger partial charge in [0.1, 0.15) is 17.1 Å². The third-order valence-electron chi connectivity index (χ3n) is 4.47. The fourth-order valence-electron chi connectivity index (χ4n) is 2.99. The molecule has 1 aromatic heterocycles. The van der Waals surface area contributed by atoms with Crippen LogP contribution in [0.2, 0.25) is 0 Å². The van der Waals surface area contributed by atoms with Gasteiger partial charge in [0, 0.05) is 31.1 Å². The molecule has 28 heavy (non-hydrogen) atoms. The molecule has 0 aliphatic heterocycles. The van der Waals surface area contributed by atoms with Crippen molar-refractivity contribution in [2.75, 3.05) is 13.7 Å². The Morgan fingerprint density at radius 3 is 2.68 bits per heavy atom. The van der Waals surface area contributed by atoms with E-state index in [1.165, 1.54) is 23.1 Å². The Morgan fingerprint density at radius 1 is 1.18 bits per heavy atom. The zero-order valence-electron chi connectivity index (χ0n) is 16.1. The van der Waals surface area contributed by atoms with Gasteiger partial charge in [0.15, 0.2) is 6.61 Å². The number of rotatable bonds is 6. The van der Waals surface area contributed by atoms with Crippen LogP contribution in [0.3, 0.4) is 0 Å². The lowest BCUT2D eigenvalue weighted by atomic mass is 10.00. The fourth-order valence-corrected chi connectivity index (χ4v) is 2.99. The number of benzene rings is 2. The molecule has 0 spiro atoms. The number of nitrogens with zero attached hydrogens (tertiary/aromatic N) is 1. The summed E-state index contributed by atoms with van der Waals surface area (Å²) in [4.78, 5) is 25.5. The Kier molecular flexibility index (Phi) is 5.78. The number of carbonyl (C=O) groups is 1. The molecule has 0 saturated heterocycles. The zero-order chi connectivity index (χ0) is 20.3. The second-order valence-electron chi connectivity index (χ2n) is 7.00. The van der Waals surface area contributed by atoms with Crippen LogP contribution in [0.25, 0.3) is 11.0 Å². The molecule has 0 aliphatic rings. The average molecular weight is 383 g/mol. The molecule has 0 bridgehead atoms. The van der Waals surface area contributed by atoms with Crippen molar-refractivity contribution in [3.8, 4) is 5.75 Å². The van der Waals surface area contributed by atoms with Crippen molar-refractivity contribution in [2.24, 2.45) is 0 Å². The molecule has 0 saturated carbocycles. The lowest BCUT2D eigenvalue weighted by molar-refractivity contribution is -0.132. The maximum atomic E-state index is 13.3. The van der Waals surface area contributed by atoms with E-state index in [-0.39, 0.29) is 30.8 Å². The summed E-state index contributed by atoms with van der Waals surface area (Å²) in [6, 6.07) is 12.8. The smallest absolute Gasteiger partial charge is 0.336 e. The van der Waals surface area contributed by atoms with Crippen LogP contribution in [0.15, 0.2) is 57.7 Å². The van der Waals surface area contributed by atoms with Gasteiger partial charge in [0.25, 0.3) is 5.91 Å². The second-order valence-corrected chi connectivity index (χ2v) is 7.00. The molecule has 3 aromatic rings. The molecule has 0 unspecified atom stereocenters. The number of carbonyl (C=O) groups excluding carboxylic acids is 1. The number of hydrogen-bond acceptors (Lipinski definition) is 4. The predicted octanol–water partition coefficient (Wildman–Crippen LogP) is 4.09. The minimum atomic E-state index is -0.417. The molecule has 1 heterocycles. The molecule has 5 nitrogen and oxygen atoms in total. The van der Waals surface area contributed by atoms with Gasteiger partial charge >= 0.3 is 5.63 Å². The van der Waals surface area contributed by atoms with Gasteiger partial charge in [-0.2, -0.15) is 0 Å². The number of hydrogen-bond donors (Lipinski definition) is 0. The lowest BCUT2D eigenvalue weighted by Crippen LogP contribution is -2.31. The first kappa shape index (κ1) is 19.6. The highest BCUT2D eigenvalue weighted by Crippen LogP contribution is 2.27. The van der Waals surface area contributed by atoms with Crippen LogP contribution in [0.5, 0.6) is 5.75 Å². The Labute approximate surface area is 162 Å². The molecule has 6 heteroatoms. The first-order valence-electron chi connectivity index (χ1n) is 9.02. The molecule has 0 N–H and O–H groups in total. The van der Waals surface area contributed by atoms with E-state index in [1.807, 2.05) is 19.9 Å². The van der Waals surface area contributed by atoms with Crippen LogP contribution >= 0.6 is 0 Å². The van der Waals surface area contributed by atoms with Gasteiger partial charge in [0.05, 0.1) is 0 Å². The van der Waals surface area contributed by atoms with E-state index in [4.69, 9.17) is 9.15 Å². The first-order valence-corrected chi connectivity index (χ1v) is 9.02. The van der Waals surface area contributed by atoms with Crippen molar-refractivity contribution in [1.82, 2.24) is 4.90 Å². The molecule has 0 fully saturated rings. The van der Waals surface area contributed by atoms with Crippen molar-refractivity contribution < 1.29 is 18.3 Å². The molecule has 3 rings (SSSR count). The standard InChI is InChI=1S/C22H22FNO4/c1-14(2)19-11-22(26)28-20-10-17(7-8-18(19)20)27-13-21(25)24(3)12-15-5-4-6-16(23)9-15/h4-11,14H,12-13H2,1-3H3. The van der Waals surface area contributed by atoms with Gasteiger partial charge in [0.2, 0.25) is 0 Å². The predicted molar refractivity (Wildman–Crippen MR) is 105 cm³/mol. The number of likely N-dealkylation sites (N-methyl/N-ethyl adjacent to an activating group) is 1. The third kappa shape index (κ3) is 4.57. The Bertz CT molecular complexity index is 1060. The topological polar surface area (TPSA) is 59.8 Å². The van der Waals surface area contributed by atoms with Crippen molar-refractivity contribution in [1.29, 1.82) is 0 Å². The fraction of sp³-hybridized carbons (Fsp3) is 0.273. The Morgan fingerprint density at radius 2 is 1.96 bits per heavy atom. The number of ether oxygens (including phenoxy) is 1. The first-order chi connectivity index (χ1) is 13.3. The normalized spacial score (nSPS) is 11.0. The van der Waals surface area contributed by atoms with Gasteiger partial charge < -0.3 is 14.1 Å². The highest BCUT2D eigenvalue weighted by molar-refractivity contribution is 5.82. The quantitative estimate of drug-likeness (QED) is 0.602. The highest BCUT2D eigenvalue weighted by atomic mass is 19.1. The summed E-state index contributed by atoms with van der Waals surface area (Å²) in [5.74, 6) is 0.0234. The Balaban J connectivity index is 1.69. The van der Waals surface area contributed by atoms with E-state index in [1.54, 1.807) is 31.3 Å². The summed E-state index contributed by atoms with van der Waals surface area (Å²) in [7, 11) is 1.63. The van der Waals surface area contributed by atoms with Gasteiger partial charge in [-0.05, 0) is 41.3 Å². The summed E-state index contributed by atoms with van der Waals surface area (Å²) in [5.41, 5.74) is 1.61. The van der Waals surface area contributed by atoms with Gasteiger partial charge in [-0.1, -0.05) is 26.0 Å². The molecule has 146 valence electrons. The molecule has 1 amide bonds. The highest BCUT2D eigenvalue weighted by Gasteiger charge is 2.13. The van der Waals surface area contributed by atoms with Crippen molar-refractivity contribution in [3.05, 3.63) is 75.9 Å². The van der Waals surface area contributed by atoms with Gasteiger partial charge in [-0.15, -0.1) is 0 Å². The summed E-state index contributed by atoms with van der Waals surface area (Å²) in [6.07, 6.45) is 0. The molecule has 0 atom stereocenters. The maximum Gasteiger partial charge on any atom is 0.336 e. The number of halogens is 1. The van der Waals surface area contributed by atoms with Gasteiger partial charge in [-0.25, -0.2) is 9.18 Å². The van der Waals surface area contributed by atoms with E-state index in [2.05, 4.69) is 0 Å². The van der Waals surface area contributed by atoms with E-state index in [9.17, 15) is 14.0 Å². The van der Waals surface area contributed by atoms with Crippen molar-refractivity contribution >= 4 is 16.9 Å². The van der Waals surface area contributed by atoms with E-state index in [0.29, 0.717) is 16.9 Å². The second kappa shape index (κ2) is 8.25. The summed E-state index contributed by atoms with van der Waals surface area (Å²) >= 11 is 0. The summed E-state index contributed by atoms with van der Waals surface area (Å²) in [6.45, 7) is 4.12. The van der Waals surface area contributed by atoms with Crippen molar-refractivity contribution in [2.45, 2.75) is 26.3 Å². The molecular formula is C22H22FNO4. The monoisotopic (exact) mass is 383 g/mol. The number of amides is 1. The SMILES string of the molecule is CC(C)c1cc(=O)oc2cc(OCC(=O)N(C)Cc3cccc(F)c3)ccc12. The van der Waals surface area contributed by atoms with E-state index < -0.39 is 5.63 Å². The molecule has 2 aromatic carbocycles. The summed E-state index contributed by atoms with van der Waals surface area (Å²) in [5, 5.41) is 0.844. The van der Waals surface area contributed by atoms with E-state index >= 15 is 0 Å². The van der Waals surface area contributed by atoms with Crippen LogP contribution < -0.4 is 10.4 Å². The van der Waals surface area contributed by atoms with Gasteiger partial charge in [-0.3, -0.25) is 4.79 Å². The third-order valence-corrected chi connectivity index (χ3v) is 4.47. The van der Waals surface area contributed by atoms with E-state index in [0.717, 1.165) is 10.9 Å². The molecule has 0 aliphatic carbocycles. The van der Waals surface area contributed by atoms with Crippen molar-refractivity contribution in [3.63, 3.8) is 0 Å². The number of fused-ring (bicyclic) bond motifs is 1. The van der Waals surface area contributed by atoms with Crippen LogP contribution in [-0.4, -0.2) is 24.5 Å². The minimum absolute atomic E-state index is 0.175. The lowest BCUT2D eigenvalue weighted by Gasteiger charge is -2.18. The largest absolute Gasteiger partial charge is 0.484 e. The summed E-state index contributed by atoms with van der Waals surface area (Å²) < 4.78 is 24.1. The van der Waals surface area contributed by atoms with Crippen LogP contribution in [0, 0.1) is 5.82 Å². The Hall–Kier alpha value is -3.15. The average Bonchev–Trinajstić information content (AvgIpc) is 2.64. The van der Waals surface area contributed by atoms with Crippen LogP contribution in [-0.2, 0) is 11.3 Å².